The van der Waals surface area contributed by atoms with Gasteiger partial charge in [-0.05, 0) is 24.2 Å². The Bertz CT molecular complexity index is 189. The quantitative estimate of drug-likeness (QED) is 0.741. The van der Waals surface area contributed by atoms with Crippen LogP contribution < -0.4 is 5.32 Å². The Morgan fingerprint density at radius 2 is 1.64 bits per heavy atom. The zero-order valence-corrected chi connectivity index (χ0v) is 10.5. The van der Waals surface area contributed by atoms with Crippen molar-refractivity contribution in [3.8, 4) is 0 Å². The molecule has 0 atom stereocenters. The molecule has 14 heavy (non-hydrogen) atoms. The second-order valence-corrected chi connectivity index (χ2v) is 6.03. The number of hydrogen-bond acceptors (Lipinski definition) is 1. The van der Waals surface area contributed by atoms with Crippen LogP contribution in [0.3, 0.4) is 0 Å². The zero-order chi connectivity index (χ0) is 11.4. The van der Waals surface area contributed by atoms with Crippen LogP contribution in [0.1, 0.15) is 54.4 Å². The molecule has 0 saturated carbocycles. The van der Waals surface area contributed by atoms with Crippen LogP contribution in [0.4, 0.5) is 0 Å². The lowest BCUT2D eigenvalue weighted by molar-refractivity contribution is -0.123. The highest BCUT2D eigenvalue weighted by atomic mass is 16.1. The van der Waals surface area contributed by atoms with Gasteiger partial charge in [0.2, 0.25) is 5.91 Å². The molecule has 0 aromatic carbocycles. The summed E-state index contributed by atoms with van der Waals surface area (Å²) in [6.07, 6.45) is 1.69. The molecule has 1 amide bonds. The second-order valence-electron chi connectivity index (χ2n) is 6.03. The first kappa shape index (κ1) is 13.5. The van der Waals surface area contributed by atoms with E-state index in [1.807, 2.05) is 6.92 Å². The molecule has 2 nitrogen and oxygen atoms in total. The van der Waals surface area contributed by atoms with Gasteiger partial charge in [0.05, 0.1) is 0 Å². The SMILES string of the molecule is CCNC(=O)CC(C)(C)CC(C)(C)C. The topological polar surface area (TPSA) is 29.1 Å². The van der Waals surface area contributed by atoms with Crippen molar-refractivity contribution in [3.63, 3.8) is 0 Å². The Kier molecular flexibility index (Phi) is 4.63. The molecule has 1 N–H and O–H groups in total. The maximum Gasteiger partial charge on any atom is 0.220 e. The average molecular weight is 199 g/mol. The van der Waals surface area contributed by atoms with Crippen molar-refractivity contribution < 1.29 is 4.79 Å². The van der Waals surface area contributed by atoms with E-state index in [2.05, 4.69) is 39.9 Å². The van der Waals surface area contributed by atoms with E-state index in [9.17, 15) is 4.79 Å². The molecule has 84 valence electrons. The van der Waals surface area contributed by atoms with Crippen molar-refractivity contribution in [2.75, 3.05) is 6.54 Å². The molecule has 2 heteroatoms. The first-order valence-electron chi connectivity index (χ1n) is 5.43. The fraction of sp³-hybridized carbons (Fsp3) is 0.917. The van der Waals surface area contributed by atoms with Gasteiger partial charge >= 0.3 is 0 Å². The van der Waals surface area contributed by atoms with Crippen LogP contribution >= 0.6 is 0 Å². The van der Waals surface area contributed by atoms with E-state index in [1.165, 1.54) is 0 Å². The van der Waals surface area contributed by atoms with Crippen LogP contribution in [0.2, 0.25) is 0 Å². The number of carbonyl (C=O) groups excluding carboxylic acids is 1. The van der Waals surface area contributed by atoms with Crippen LogP contribution in [0, 0.1) is 10.8 Å². The van der Waals surface area contributed by atoms with Gasteiger partial charge in [-0.1, -0.05) is 34.6 Å². The molecule has 0 rings (SSSR count). The summed E-state index contributed by atoms with van der Waals surface area (Å²) in [5.74, 6) is 0.168. The standard InChI is InChI=1S/C12H25NO/c1-7-13-10(14)8-12(5,6)9-11(2,3)4/h7-9H2,1-6H3,(H,13,14). The zero-order valence-electron chi connectivity index (χ0n) is 10.5. The molecular formula is C12H25NO. The number of rotatable bonds is 4. The highest BCUT2D eigenvalue weighted by molar-refractivity contribution is 5.76. The third-order valence-electron chi connectivity index (χ3n) is 2.02. The third kappa shape index (κ3) is 6.93. The van der Waals surface area contributed by atoms with Gasteiger partial charge < -0.3 is 5.32 Å². The number of carbonyl (C=O) groups is 1. The monoisotopic (exact) mass is 199 g/mol. The van der Waals surface area contributed by atoms with E-state index >= 15 is 0 Å². The Hall–Kier alpha value is -0.530. The second kappa shape index (κ2) is 4.81. The highest BCUT2D eigenvalue weighted by Crippen LogP contribution is 2.35. The van der Waals surface area contributed by atoms with E-state index in [-0.39, 0.29) is 16.7 Å². The fourth-order valence-corrected chi connectivity index (χ4v) is 2.19. The van der Waals surface area contributed by atoms with E-state index in [1.54, 1.807) is 0 Å². The third-order valence-corrected chi connectivity index (χ3v) is 2.02. The summed E-state index contributed by atoms with van der Waals surface area (Å²) in [5.41, 5.74) is 0.382. The van der Waals surface area contributed by atoms with Gasteiger partial charge in [0.1, 0.15) is 0 Å². The minimum atomic E-state index is 0.0947. The van der Waals surface area contributed by atoms with Crippen LogP contribution in [-0.4, -0.2) is 12.5 Å². The van der Waals surface area contributed by atoms with Crippen molar-refractivity contribution in [2.24, 2.45) is 10.8 Å². The van der Waals surface area contributed by atoms with Gasteiger partial charge in [-0.25, -0.2) is 0 Å². The largest absolute Gasteiger partial charge is 0.356 e. The van der Waals surface area contributed by atoms with Gasteiger partial charge in [-0.3, -0.25) is 4.79 Å². The van der Waals surface area contributed by atoms with Gasteiger partial charge in [0.25, 0.3) is 0 Å². The molecule has 0 aliphatic heterocycles. The van der Waals surface area contributed by atoms with Crippen molar-refractivity contribution in [1.29, 1.82) is 0 Å². The summed E-state index contributed by atoms with van der Waals surface area (Å²) in [5, 5.41) is 2.85. The molecule has 0 unspecified atom stereocenters. The van der Waals surface area contributed by atoms with E-state index in [4.69, 9.17) is 0 Å². The molecule has 0 spiro atoms. The minimum absolute atomic E-state index is 0.0947. The predicted molar refractivity (Wildman–Crippen MR) is 61.2 cm³/mol. The average Bonchev–Trinajstić information content (AvgIpc) is 1.78. The molecule has 0 aliphatic carbocycles. The molecule has 0 aromatic heterocycles. The van der Waals surface area contributed by atoms with Crippen molar-refractivity contribution in [2.45, 2.75) is 54.4 Å². The Morgan fingerprint density at radius 1 is 1.14 bits per heavy atom. The predicted octanol–water partition coefficient (Wildman–Crippen LogP) is 2.98. The van der Waals surface area contributed by atoms with E-state index in [0.717, 1.165) is 13.0 Å². The van der Waals surface area contributed by atoms with E-state index < -0.39 is 0 Å². The Labute approximate surface area is 88.5 Å². The lowest BCUT2D eigenvalue weighted by Crippen LogP contribution is -2.30. The highest BCUT2D eigenvalue weighted by Gasteiger charge is 2.27. The van der Waals surface area contributed by atoms with Gasteiger partial charge in [-0.15, -0.1) is 0 Å². The normalized spacial score (nSPS) is 12.7. The van der Waals surface area contributed by atoms with Crippen molar-refractivity contribution >= 4 is 5.91 Å². The molecule has 0 aliphatic rings. The molecular weight excluding hydrogens is 174 g/mol. The molecule has 0 radical (unpaired) electrons. The van der Waals surface area contributed by atoms with Crippen LogP contribution in [-0.2, 0) is 4.79 Å². The summed E-state index contributed by atoms with van der Waals surface area (Å²) in [7, 11) is 0. The molecule has 0 aromatic rings. The van der Waals surface area contributed by atoms with E-state index in [0.29, 0.717) is 6.42 Å². The summed E-state index contributed by atoms with van der Waals surface area (Å²) in [6, 6.07) is 0. The molecule has 0 saturated heterocycles. The first-order valence-corrected chi connectivity index (χ1v) is 5.43. The van der Waals surface area contributed by atoms with Crippen LogP contribution in [0.5, 0.6) is 0 Å². The van der Waals surface area contributed by atoms with Gasteiger partial charge in [0, 0.05) is 13.0 Å². The summed E-state index contributed by atoms with van der Waals surface area (Å²) >= 11 is 0. The van der Waals surface area contributed by atoms with Gasteiger partial charge in [0.15, 0.2) is 0 Å². The Morgan fingerprint density at radius 3 is 2.00 bits per heavy atom. The van der Waals surface area contributed by atoms with Crippen molar-refractivity contribution in [3.05, 3.63) is 0 Å². The fourth-order valence-electron chi connectivity index (χ4n) is 2.19. The molecule has 0 bridgehead atoms. The number of hydrogen-bond donors (Lipinski definition) is 1. The summed E-state index contributed by atoms with van der Waals surface area (Å²) in [4.78, 5) is 11.4. The van der Waals surface area contributed by atoms with Crippen LogP contribution in [0.25, 0.3) is 0 Å². The maximum absolute atomic E-state index is 11.4. The molecule has 0 heterocycles. The first-order chi connectivity index (χ1) is 6.16. The Balaban J connectivity index is 4.13. The lowest BCUT2D eigenvalue weighted by atomic mass is 9.74. The summed E-state index contributed by atoms with van der Waals surface area (Å²) < 4.78 is 0. The smallest absolute Gasteiger partial charge is 0.220 e. The summed E-state index contributed by atoms with van der Waals surface area (Å²) in [6.45, 7) is 13.6. The molecule has 0 fully saturated rings. The lowest BCUT2D eigenvalue weighted by Gasteiger charge is -2.31. The van der Waals surface area contributed by atoms with Gasteiger partial charge in [-0.2, -0.15) is 0 Å². The maximum atomic E-state index is 11.4. The van der Waals surface area contributed by atoms with Crippen molar-refractivity contribution in [1.82, 2.24) is 5.32 Å². The van der Waals surface area contributed by atoms with Crippen LogP contribution in [0.15, 0.2) is 0 Å². The number of amides is 1. The number of nitrogens with one attached hydrogen (secondary N) is 1. The minimum Gasteiger partial charge on any atom is -0.356 e.